The van der Waals surface area contributed by atoms with Crippen molar-refractivity contribution in [2.75, 3.05) is 7.11 Å². The molecule has 4 nitrogen and oxygen atoms in total. The van der Waals surface area contributed by atoms with Gasteiger partial charge in [0.2, 0.25) is 0 Å². The van der Waals surface area contributed by atoms with Gasteiger partial charge < -0.3 is 9.84 Å². The molecular formula is C12H20O4. The fourth-order valence-corrected chi connectivity index (χ4v) is 2.22. The Morgan fingerprint density at radius 1 is 1.31 bits per heavy atom. The van der Waals surface area contributed by atoms with E-state index in [1.165, 1.54) is 13.5 Å². The summed E-state index contributed by atoms with van der Waals surface area (Å²) in [7, 11) is 1.26. The molecule has 16 heavy (non-hydrogen) atoms. The average Bonchev–Trinajstić information content (AvgIpc) is 2.29. The van der Waals surface area contributed by atoms with E-state index >= 15 is 0 Å². The zero-order chi connectivity index (χ0) is 12.0. The molecule has 0 aromatic carbocycles. The average molecular weight is 228 g/mol. The smallest absolute Gasteiger partial charge is 0.313 e. The number of esters is 1. The van der Waals surface area contributed by atoms with Crippen molar-refractivity contribution in [3.8, 4) is 0 Å². The van der Waals surface area contributed by atoms with Gasteiger partial charge in [-0.25, -0.2) is 0 Å². The third kappa shape index (κ3) is 4.31. The topological polar surface area (TPSA) is 63.6 Å². The van der Waals surface area contributed by atoms with Gasteiger partial charge in [0.25, 0.3) is 0 Å². The minimum atomic E-state index is -0.586. The molecule has 0 aliphatic heterocycles. The predicted molar refractivity (Wildman–Crippen MR) is 58.8 cm³/mol. The maximum Gasteiger partial charge on any atom is 0.313 e. The fraction of sp³-hybridized carbons (Fsp3) is 0.833. The summed E-state index contributed by atoms with van der Waals surface area (Å²) >= 11 is 0. The molecule has 1 N–H and O–H groups in total. The SMILES string of the molecule is COC(=O)CC(=O)CC(O)C1CCCCC1. The van der Waals surface area contributed by atoms with Crippen LogP contribution >= 0.6 is 0 Å². The van der Waals surface area contributed by atoms with E-state index in [9.17, 15) is 14.7 Å². The minimum Gasteiger partial charge on any atom is -0.469 e. The summed E-state index contributed by atoms with van der Waals surface area (Å²) in [5.74, 6) is -0.527. The van der Waals surface area contributed by atoms with Gasteiger partial charge in [-0.3, -0.25) is 9.59 Å². The van der Waals surface area contributed by atoms with E-state index in [0.717, 1.165) is 25.7 Å². The van der Waals surface area contributed by atoms with Crippen LogP contribution in [0.1, 0.15) is 44.9 Å². The van der Waals surface area contributed by atoms with Crippen LogP contribution in [0, 0.1) is 5.92 Å². The summed E-state index contributed by atoms with van der Waals surface area (Å²) in [5, 5.41) is 9.86. The van der Waals surface area contributed by atoms with Crippen LogP contribution in [-0.2, 0) is 14.3 Å². The van der Waals surface area contributed by atoms with Gasteiger partial charge in [-0.15, -0.1) is 0 Å². The van der Waals surface area contributed by atoms with Crippen molar-refractivity contribution >= 4 is 11.8 Å². The fourth-order valence-electron chi connectivity index (χ4n) is 2.22. The van der Waals surface area contributed by atoms with Crippen molar-refractivity contribution in [2.45, 2.75) is 51.0 Å². The third-order valence-corrected chi connectivity index (χ3v) is 3.20. The molecule has 1 aliphatic carbocycles. The van der Waals surface area contributed by atoms with E-state index < -0.39 is 12.1 Å². The Balaban J connectivity index is 2.29. The van der Waals surface area contributed by atoms with Gasteiger partial charge >= 0.3 is 5.97 Å². The molecule has 92 valence electrons. The van der Waals surface area contributed by atoms with Crippen LogP contribution in [0.5, 0.6) is 0 Å². The Bertz CT molecular complexity index is 243. The summed E-state index contributed by atoms with van der Waals surface area (Å²) in [4.78, 5) is 22.3. The van der Waals surface area contributed by atoms with Gasteiger partial charge in [0.1, 0.15) is 12.2 Å². The normalized spacial score (nSPS) is 19.1. The zero-order valence-electron chi connectivity index (χ0n) is 9.78. The number of aliphatic hydroxyl groups is 1. The predicted octanol–water partition coefficient (Wildman–Crippen LogP) is 1.45. The molecule has 0 bridgehead atoms. The van der Waals surface area contributed by atoms with E-state index in [4.69, 9.17) is 0 Å². The monoisotopic (exact) mass is 228 g/mol. The van der Waals surface area contributed by atoms with Crippen LogP contribution in [0.4, 0.5) is 0 Å². The second kappa shape index (κ2) is 6.63. The maximum atomic E-state index is 11.4. The first-order valence-corrected chi connectivity index (χ1v) is 5.90. The molecule has 1 unspecified atom stereocenters. The van der Waals surface area contributed by atoms with Crippen molar-refractivity contribution in [3.63, 3.8) is 0 Å². The minimum absolute atomic E-state index is 0.0831. The summed E-state index contributed by atoms with van der Waals surface area (Å²) in [5.41, 5.74) is 0. The van der Waals surface area contributed by atoms with Crippen LogP contribution < -0.4 is 0 Å². The van der Waals surface area contributed by atoms with Gasteiger partial charge in [0.15, 0.2) is 0 Å². The van der Waals surface area contributed by atoms with Crippen LogP contribution in [0.25, 0.3) is 0 Å². The number of hydrogen-bond acceptors (Lipinski definition) is 4. The van der Waals surface area contributed by atoms with E-state index in [2.05, 4.69) is 4.74 Å². The number of aliphatic hydroxyl groups excluding tert-OH is 1. The quantitative estimate of drug-likeness (QED) is 0.571. The molecule has 1 aliphatic rings. The Kier molecular flexibility index (Phi) is 5.46. The van der Waals surface area contributed by atoms with Crippen LogP contribution in [0.3, 0.4) is 0 Å². The number of methoxy groups -OCH3 is 1. The van der Waals surface area contributed by atoms with Gasteiger partial charge in [-0.2, -0.15) is 0 Å². The molecule has 1 atom stereocenters. The van der Waals surface area contributed by atoms with E-state index in [1.807, 2.05) is 0 Å². The van der Waals surface area contributed by atoms with Gasteiger partial charge in [-0.1, -0.05) is 19.3 Å². The molecule has 0 saturated heterocycles. The molecule has 0 radical (unpaired) electrons. The number of rotatable bonds is 5. The molecule has 0 amide bonds. The Morgan fingerprint density at radius 3 is 2.50 bits per heavy atom. The number of carbonyl (C=O) groups excluding carboxylic acids is 2. The van der Waals surface area contributed by atoms with Crippen LogP contribution in [0.15, 0.2) is 0 Å². The molecule has 0 heterocycles. The number of carbonyl (C=O) groups is 2. The molecule has 4 heteroatoms. The van der Waals surface area contributed by atoms with Crippen LogP contribution in [-0.4, -0.2) is 30.1 Å². The molecular weight excluding hydrogens is 208 g/mol. The molecule has 1 saturated carbocycles. The highest BCUT2D eigenvalue weighted by atomic mass is 16.5. The first kappa shape index (κ1) is 13.2. The van der Waals surface area contributed by atoms with Crippen molar-refractivity contribution < 1.29 is 19.4 Å². The maximum absolute atomic E-state index is 11.4. The Labute approximate surface area is 96.0 Å². The van der Waals surface area contributed by atoms with Gasteiger partial charge in [-0.05, 0) is 18.8 Å². The highest BCUT2D eigenvalue weighted by Crippen LogP contribution is 2.27. The lowest BCUT2D eigenvalue weighted by molar-refractivity contribution is -0.143. The second-order valence-corrected chi connectivity index (χ2v) is 4.46. The van der Waals surface area contributed by atoms with E-state index in [0.29, 0.717) is 0 Å². The first-order chi connectivity index (χ1) is 7.63. The largest absolute Gasteiger partial charge is 0.469 e. The van der Waals surface area contributed by atoms with Crippen molar-refractivity contribution in [2.24, 2.45) is 5.92 Å². The molecule has 0 spiro atoms. The lowest BCUT2D eigenvalue weighted by atomic mass is 9.83. The van der Waals surface area contributed by atoms with E-state index in [1.54, 1.807) is 0 Å². The summed E-state index contributed by atoms with van der Waals surface area (Å²) in [6.45, 7) is 0. The van der Waals surface area contributed by atoms with Gasteiger partial charge in [0.05, 0.1) is 13.2 Å². The molecule has 1 rings (SSSR count). The van der Waals surface area contributed by atoms with E-state index in [-0.39, 0.29) is 24.5 Å². The summed E-state index contributed by atoms with van der Waals surface area (Å²) in [6.07, 6.45) is 4.75. The number of ether oxygens (including phenoxy) is 1. The highest BCUT2D eigenvalue weighted by molar-refractivity contribution is 5.95. The summed E-state index contributed by atoms with van der Waals surface area (Å²) < 4.78 is 4.41. The summed E-state index contributed by atoms with van der Waals surface area (Å²) in [6, 6.07) is 0. The Morgan fingerprint density at radius 2 is 1.94 bits per heavy atom. The number of hydrogen-bond donors (Lipinski definition) is 1. The standard InChI is InChI=1S/C12H20O4/c1-16-12(15)8-10(13)7-11(14)9-5-3-2-4-6-9/h9,11,14H,2-8H2,1H3. The lowest BCUT2D eigenvalue weighted by Crippen LogP contribution is -2.26. The third-order valence-electron chi connectivity index (χ3n) is 3.20. The molecule has 1 fully saturated rings. The molecule has 0 aromatic rings. The van der Waals surface area contributed by atoms with Gasteiger partial charge in [0, 0.05) is 6.42 Å². The van der Waals surface area contributed by atoms with Crippen molar-refractivity contribution in [3.05, 3.63) is 0 Å². The first-order valence-electron chi connectivity index (χ1n) is 5.90. The van der Waals surface area contributed by atoms with Crippen LogP contribution in [0.2, 0.25) is 0 Å². The lowest BCUT2D eigenvalue weighted by Gasteiger charge is -2.25. The zero-order valence-corrected chi connectivity index (χ0v) is 9.78. The highest BCUT2D eigenvalue weighted by Gasteiger charge is 2.24. The number of Topliss-reactive ketones (excluding diaryl/α,β-unsaturated/α-hetero) is 1. The number of ketones is 1. The van der Waals surface area contributed by atoms with Crippen molar-refractivity contribution in [1.29, 1.82) is 0 Å². The second-order valence-electron chi connectivity index (χ2n) is 4.46. The molecule has 0 aromatic heterocycles. The van der Waals surface area contributed by atoms with Crippen molar-refractivity contribution in [1.82, 2.24) is 0 Å². The Hall–Kier alpha value is -0.900.